The molecule has 7 nitrogen and oxygen atoms in total. The molecule has 1 aromatic heterocycles. The number of aromatic nitrogens is 2. The first kappa shape index (κ1) is 19.4. The quantitative estimate of drug-likeness (QED) is 0.453. The molecule has 156 valence electrons. The van der Waals surface area contributed by atoms with E-state index in [1.165, 1.54) is 6.92 Å². The highest BCUT2D eigenvalue weighted by molar-refractivity contribution is 5.89. The summed E-state index contributed by atoms with van der Waals surface area (Å²) in [7, 11) is 0. The SMILES string of the molecule is CC(=O)Nc1ccc(C2C(C#N)=C(N)Oc3n[nH]c(-c4ccc5ccccc5c4)c32)cc1. The summed E-state index contributed by atoms with van der Waals surface area (Å²) < 4.78 is 5.69. The molecule has 32 heavy (non-hydrogen) atoms. The van der Waals surface area contributed by atoms with Gasteiger partial charge in [-0.25, -0.2) is 0 Å². The number of fused-ring (bicyclic) bond motifs is 2. The number of carbonyl (C=O) groups excluding carboxylic acids is 1. The fourth-order valence-electron chi connectivity index (χ4n) is 4.11. The Morgan fingerprint density at radius 3 is 2.59 bits per heavy atom. The maximum atomic E-state index is 11.4. The Labute approximate surface area is 184 Å². The summed E-state index contributed by atoms with van der Waals surface area (Å²) in [6.07, 6.45) is 0. The molecule has 4 aromatic rings. The molecule has 0 radical (unpaired) electrons. The number of rotatable bonds is 3. The van der Waals surface area contributed by atoms with E-state index >= 15 is 0 Å². The van der Waals surface area contributed by atoms with Gasteiger partial charge in [-0.1, -0.05) is 48.5 Å². The van der Waals surface area contributed by atoms with Crippen molar-refractivity contribution < 1.29 is 9.53 Å². The first-order valence-electron chi connectivity index (χ1n) is 10.1. The van der Waals surface area contributed by atoms with Crippen molar-refractivity contribution in [2.45, 2.75) is 12.8 Å². The van der Waals surface area contributed by atoms with Gasteiger partial charge in [0.1, 0.15) is 11.6 Å². The van der Waals surface area contributed by atoms with E-state index in [4.69, 9.17) is 10.5 Å². The summed E-state index contributed by atoms with van der Waals surface area (Å²) in [6, 6.07) is 23.8. The lowest BCUT2D eigenvalue weighted by atomic mass is 9.83. The zero-order chi connectivity index (χ0) is 22.2. The molecule has 1 amide bonds. The minimum atomic E-state index is -0.463. The molecule has 0 bridgehead atoms. The van der Waals surface area contributed by atoms with Gasteiger partial charge in [-0.05, 0) is 34.5 Å². The average molecular weight is 421 g/mol. The molecule has 1 atom stereocenters. The van der Waals surface area contributed by atoms with Crippen LogP contribution in [0.2, 0.25) is 0 Å². The molecule has 1 unspecified atom stereocenters. The molecule has 4 N–H and O–H groups in total. The summed E-state index contributed by atoms with van der Waals surface area (Å²) in [5, 5.41) is 22.3. The summed E-state index contributed by atoms with van der Waals surface area (Å²) >= 11 is 0. The number of nitrogens with two attached hydrogens (primary N) is 1. The van der Waals surface area contributed by atoms with E-state index < -0.39 is 5.92 Å². The largest absolute Gasteiger partial charge is 0.420 e. The number of H-pyrrole nitrogens is 1. The van der Waals surface area contributed by atoms with E-state index in [0.717, 1.165) is 33.2 Å². The van der Waals surface area contributed by atoms with Crippen molar-refractivity contribution in [3.8, 4) is 23.2 Å². The van der Waals surface area contributed by atoms with Gasteiger partial charge in [0.25, 0.3) is 0 Å². The lowest BCUT2D eigenvalue weighted by molar-refractivity contribution is -0.114. The van der Waals surface area contributed by atoms with Crippen molar-refractivity contribution in [3.05, 3.63) is 89.3 Å². The number of nitrogens with one attached hydrogen (secondary N) is 2. The Morgan fingerprint density at radius 2 is 1.88 bits per heavy atom. The second-order valence-corrected chi connectivity index (χ2v) is 7.61. The maximum absolute atomic E-state index is 11.4. The fraction of sp³-hybridized carbons (Fsp3) is 0.0800. The third-order valence-corrected chi connectivity index (χ3v) is 5.54. The normalized spacial score (nSPS) is 15.1. The highest BCUT2D eigenvalue weighted by atomic mass is 16.5. The first-order chi connectivity index (χ1) is 15.5. The van der Waals surface area contributed by atoms with E-state index in [9.17, 15) is 10.1 Å². The standard InChI is InChI=1S/C25H19N5O2/c1-14(31)28-19-10-8-16(9-11-19)21-20(13-26)24(27)32-25-22(21)23(29-30-25)18-7-6-15-4-2-3-5-17(15)12-18/h2-12,21H,27H2,1H3,(H,28,31)(H,29,30). The van der Waals surface area contributed by atoms with Crippen LogP contribution in [0.4, 0.5) is 5.69 Å². The Balaban J connectivity index is 1.66. The maximum Gasteiger partial charge on any atom is 0.244 e. The third-order valence-electron chi connectivity index (χ3n) is 5.54. The van der Waals surface area contributed by atoms with Crippen molar-refractivity contribution in [3.63, 3.8) is 0 Å². The predicted octanol–water partition coefficient (Wildman–Crippen LogP) is 4.41. The van der Waals surface area contributed by atoms with Crippen LogP contribution in [-0.2, 0) is 4.79 Å². The van der Waals surface area contributed by atoms with Crippen LogP contribution in [0.3, 0.4) is 0 Å². The van der Waals surface area contributed by atoms with Gasteiger partial charge in [0.2, 0.25) is 17.7 Å². The topological polar surface area (TPSA) is 117 Å². The smallest absolute Gasteiger partial charge is 0.244 e. The van der Waals surface area contributed by atoms with E-state index in [1.807, 2.05) is 36.4 Å². The summed E-state index contributed by atoms with van der Waals surface area (Å²) in [6.45, 7) is 1.46. The molecule has 0 fully saturated rings. The molecule has 0 aliphatic carbocycles. The number of nitriles is 1. The van der Waals surface area contributed by atoms with Gasteiger partial charge in [0.05, 0.1) is 17.2 Å². The van der Waals surface area contributed by atoms with Crippen LogP contribution in [0.25, 0.3) is 22.0 Å². The number of nitrogens with zero attached hydrogens (tertiary/aromatic N) is 2. The number of allylic oxidation sites excluding steroid dienone is 1. The predicted molar refractivity (Wildman–Crippen MR) is 122 cm³/mol. The summed E-state index contributed by atoms with van der Waals surface area (Å²) in [4.78, 5) is 11.4. The first-order valence-corrected chi connectivity index (χ1v) is 10.1. The molecule has 0 saturated heterocycles. The lowest BCUT2D eigenvalue weighted by Gasteiger charge is -2.24. The molecule has 2 heterocycles. The zero-order valence-electron chi connectivity index (χ0n) is 17.2. The minimum Gasteiger partial charge on any atom is -0.420 e. The number of benzene rings is 3. The minimum absolute atomic E-state index is 0.0347. The van der Waals surface area contributed by atoms with E-state index in [2.05, 4.69) is 39.8 Å². The van der Waals surface area contributed by atoms with Gasteiger partial charge in [-0.2, -0.15) is 5.26 Å². The molecule has 7 heteroatoms. The van der Waals surface area contributed by atoms with Crippen LogP contribution < -0.4 is 15.8 Å². The molecule has 1 aliphatic heterocycles. The Hall–Kier alpha value is -4.57. The summed E-state index contributed by atoms with van der Waals surface area (Å²) in [5.41, 5.74) is 10.3. The second-order valence-electron chi connectivity index (χ2n) is 7.61. The second kappa shape index (κ2) is 7.60. The Morgan fingerprint density at radius 1 is 1.12 bits per heavy atom. The molecule has 0 saturated carbocycles. The lowest BCUT2D eigenvalue weighted by Crippen LogP contribution is -2.21. The molecule has 1 aliphatic rings. The van der Waals surface area contributed by atoms with Crippen LogP contribution in [0.15, 0.2) is 78.2 Å². The Bertz CT molecular complexity index is 1430. The summed E-state index contributed by atoms with van der Waals surface area (Å²) in [5.74, 6) is -0.232. The third kappa shape index (κ3) is 3.24. The average Bonchev–Trinajstić information content (AvgIpc) is 3.21. The molecule has 0 spiro atoms. The van der Waals surface area contributed by atoms with Crippen molar-refractivity contribution >= 4 is 22.4 Å². The number of hydrogen-bond acceptors (Lipinski definition) is 5. The molecular formula is C25H19N5O2. The van der Waals surface area contributed by atoms with E-state index in [1.54, 1.807) is 12.1 Å². The molecule has 3 aromatic carbocycles. The van der Waals surface area contributed by atoms with E-state index in [-0.39, 0.29) is 11.8 Å². The van der Waals surface area contributed by atoms with Gasteiger partial charge in [0.15, 0.2) is 0 Å². The fourth-order valence-corrected chi connectivity index (χ4v) is 4.11. The van der Waals surface area contributed by atoms with Crippen LogP contribution in [0.5, 0.6) is 5.88 Å². The number of ether oxygens (including phenoxy) is 1. The van der Waals surface area contributed by atoms with Gasteiger partial charge < -0.3 is 15.8 Å². The molecule has 5 rings (SSSR count). The Kier molecular flexibility index (Phi) is 4.61. The monoisotopic (exact) mass is 421 g/mol. The molecular weight excluding hydrogens is 402 g/mol. The van der Waals surface area contributed by atoms with Gasteiger partial charge in [0, 0.05) is 18.2 Å². The van der Waals surface area contributed by atoms with Gasteiger partial charge >= 0.3 is 0 Å². The highest BCUT2D eigenvalue weighted by Gasteiger charge is 2.35. The van der Waals surface area contributed by atoms with Crippen molar-refractivity contribution in [1.82, 2.24) is 10.2 Å². The van der Waals surface area contributed by atoms with E-state index in [0.29, 0.717) is 17.1 Å². The van der Waals surface area contributed by atoms with Crippen LogP contribution in [0.1, 0.15) is 24.0 Å². The number of anilines is 1. The number of amides is 1. The van der Waals surface area contributed by atoms with Crippen molar-refractivity contribution in [2.24, 2.45) is 5.73 Å². The van der Waals surface area contributed by atoms with Crippen LogP contribution in [-0.4, -0.2) is 16.1 Å². The van der Waals surface area contributed by atoms with Crippen LogP contribution >= 0.6 is 0 Å². The zero-order valence-corrected chi connectivity index (χ0v) is 17.2. The van der Waals surface area contributed by atoms with Crippen molar-refractivity contribution in [2.75, 3.05) is 5.32 Å². The number of hydrogen-bond donors (Lipinski definition) is 3. The van der Waals surface area contributed by atoms with Crippen LogP contribution in [0, 0.1) is 11.3 Å². The van der Waals surface area contributed by atoms with Crippen molar-refractivity contribution in [1.29, 1.82) is 5.26 Å². The number of aromatic amines is 1. The van der Waals surface area contributed by atoms with Gasteiger partial charge in [-0.3, -0.25) is 9.89 Å². The number of carbonyl (C=O) groups is 1. The highest BCUT2D eigenvalue weighted by Crippen LogP contribution is 2.46. The van der Waals surface area contributed by atoms with Gasteiger partial charge in [-0.15, -0.1) is 5.10 Å².